The van der Waals surface area contributed by atoms with Crippen LogP contribution in [0.4, 0.5) is 0 Å². The van der Waals surface area contributed by atoms with E-state index in [1.165, 1.54) is 116 Å². The molecule has 3 unspecified atom stereocenters. The summed E-state index contributed by atoms with van der Waals surface area (Å²) in [6.45, 7) is 4.65. The summed E-state index contributed by atoms with van der Waals surface area (Å²) in [5.74, 6) is -0.155. The van der Waals surface area contributed by atoms with Crippen molar-refractivity contribution in [3.05, 3.63) is 36.5 Å². The van der Waals surface area contributed by atoms with Crippen molar-refractivity contribution < 1.29 is 52.5 Å². The van der Waals surface area contributed by atoms with E-state index < -0.39 is 51.8 Å². The van der Waals surface area contributed by atoms with Gasteiger partial charge >= 0.3 is 19.8 Å². The highest BCUT2D eigenvalue weighted by Crippen LogP contribution is 2.43. The first-order chi connectivity index (χ1) is 30.1. The Hall–Kier alpha value is -1.85. The van der Waals surface area contributed by atoms with Crippen LogP contribution in [0.25, 0.3) is 0 Å². The third-order valence-electron chi connectivity index (χ3n) is 11.1. The predicted octanol–water partition coefficient (Wildman–Crippen LogP) is 12.7. The molecule has 1 rings (SSSR count). The van der Waals surface area contributed by atoms with Crippen molar-refractivity contribution in [1.82, 2.24) is 0 Å². The normalized spacial score (nSPS) is 17.3. The van der Waals surface area contributed by atoms with E-state index in [4.69, 9.17) is 28.4 Å². The molecule has 3 N–H and O–H groups in total. The van der Waals surface area contributed by atoms with Crippen molar-refractivity contribution in [1.29, 1.82) is 0 Å². The quantitative estimate of drug-likeness (QED) is 0.0175. The molecule has 0 saturated carbocycles. The van der Waals surface area contributed by atoms with Crippen molar-refractivity contribution >= 4 is 19.8 Å². The van der Waals surface area contributed by atoms with E-state index in [9.17, 15) is 24.2 Å². The van der Waals surface area contributed by atoms with E-state index in [2.05, 4.69) is 57.2 Å². The molecule has 1 heterocycles. The molecule has 1 fully saturated rings. The second-order valence-electron chi connectivity index (χ2n) is 17.7. The lowest BCUT2D eigenvalue weighted by Crippen LogP contribution is -2.29. The summed E-state index contributed by atoms with van der Waals surface area (Å²) in [7, 11) is -4.64. The molecule has 0 aromatic rings. The summed E-state index contributed by atoms with van der Waals surface area (Å²) >= 11 is 0. The number of carbonyl (C=O) groups excluding carboxylic acids is 2. The lowest BCUT2D eigenvalue weighted by Gasteiger charge is -2.20. The lowest BCUT2D eigenvalue weighted by atomic mass is 10.0. The fourth-order valence-corrected chi connectivity index (χ4v) is 8.00. The number of hydrogen-bond acceptors (Lipinski definition) is 10. The second-order valence-corrected chi connectivity index (χ2v) is 19.2. The molecule has 1 saturated heterocycles. The maximum absolute atomic E-state index is 12.7. The molecule has 0 radical (unpaired) electrons. The number of phosphoric acid groups is 1. The van der Waals surface area contributed by atoms with E-state index in [-0.39, 0.29) is 31.7 Å². The van der Waals surface area contributed by atoms with Gasteiger partial charge in [-0.15, -0.1) is 0 Å². The molecule has 362 valence electrons. The van der Waals surface area contributed by atoms with Gasteiger partial charge in [0.1, 0.15) is 12.7 Å². The summed E-state index contributed by atoms with van der Waals surface area (Å²) < 4.78 is 38.6. The maximum atomic E-state index is 12.7. The average Bonchev–Trinajstić information content (AvgIpc) is 4.00. The highest BCUT2D eigenvalue weighted by molar-refractivity contribution is 7.47. The molecule has 0 bridgehead atoms. The first kappa shape index (κ1) is 58.2. The predicted molar refractivity (Wildman–Crippen MR) is 251 cm³/mol. The minimum Gasteiger partial charge on any atom is -0.462 e. The standard InChI is InChI=1S/C50H91O11P/c1-4-5-6-7-8-9-10-20-23-26-29-32-36-47-48(61-47)37-34-39-49(53)57-42-46(43-59-62(55,56)58-41-45(52)40-51)60-50(54)38-33-30-27-24-21-18-16-14-12-11-13-15-17-19-22-25-28-31-35-44(2)3/h8-9,20,23,29,32,44-48,51-52H,4-7,10-19,21-22,24-28,30-31,33-43H2,1-3H3,(H,55,56)/b9-8-,23-20-,32-29-/t45-,46+,47?,48?/m0/s1. The Kier molecular flexibility index (Phi) is 38.1. The number of hydrogen-bond donors (Lipinski definition) is 3. The van der Waals surface area contributed by atoms with Gasteiger partial charge in [-0.05, 0) is 57.3 Å². The van der Waals surface area contributed by atoms with E-state index in [1.807, 2.05) is 0 Å². The van der Waals surface area contributed by atoms with Crippen molar-refractivity contribution in [3.63, 3.8) is 0 Å². The number of epoxide rings is 1. The summed E-state index contributed by atoms with van der Waals surface area (Å²) in [6, 6.07) is 0. The fourth-order valence-electron chi connectivity index (χ4n) is 7.21. The van der Waals surface area contributed by atoms with E-state index >= 15 is 0 Å². The largest absolute Gasteiger partial charge is 0.472 e. The van der Waals surface area contributed by atoms with Crippen LogP contribution < -0.4 is 0 Å². The zero-order chi connectivity index (χ0) is 45.4. The molecule has 5 atom stereocenters. The number of unbranched alkanes of at least 4 members (excludes halogenated alkanes) is 20. The molecule has 0 aliphatic carbocycles. The zero-order valence-corrected chi connectivity index (χ0v) is 40.3. The highest BCUT2D eigenvalue weighted by Gasteiger charge is 2.36. The van der Waals surface area contributed by atoms with E-state index in [0.717, 1.165) is 57.3 Å². The average molecular weight is 899 g/mol. The third-order valence-corrected chi connectivity index (χ3v) is 12.1. The van der Waals surface area contributed by atoms with E-state index in [0.29, 0.717) is 12.8 Å². The van der Waals surface area contributed by atoms with Crippen LogP contribution in [0.1, 0.15) is 213 Å². The van der Waals surface area contributed by atoms with Gasteiger partial charge in [-0.2, -0.15) is 0 Å². The van der Waals surface area contributed by atoms with Gasteiger partial charge in [0.25, 0.3) is 0 Å². The van der Waals surface area contributed by atoms with Crippen molar-refractivity contribution in [2.75, 3.05) is 26.4 Å². The highest BCUT2D eigenvalue weighted by atomic mass is 31.2. The van der Waals surface area contributed by atoms with Gasteiger partial charge in [0, 0.05) is 12.8 Å². The zero-order valence-electron chi connectivity index (χ0n) is 39.4. The summed E-state index contributed by atoms with van der Waals surface area (Å²) in [4.78, 5) is 35.3. The Morgan fingerprint density at radius 1 is 0.629 bits per heavy atom. The summed E-state index contributed by atoms with van der Waals surface area (Å²) in [5, 5.41) is 18.4. The van der Waals surface area contributed by atoms with Crippen LogP contribution in [0.3, 0.4) is 0 Å². The van der Waals surface area contributed by atoms with Gasteiger partial charge in [0.15, 0.2) is 6.10 Å². The Bertz CT molecular complexity index is 1210. The topological polar surface area (TPSA) is 161 Å². The SMILES string of the molecule is CCCCC/C=C\C/C=C\C/C=C\CC1OC1CCCC(=O)OC[C@H](COP(=O)(O)OC[C@@H](O)CO)OC(=O)CCCCCCCCCCCCCCCCCCCCC(C)C. The van der Waals surface area contributed by atoms with Crippen molar-refractivity contribution in [2.45, 2.75) is 238 Å². The van der Waals surface area contributed by atoms with Crippen molar-refractivity contribution in [2.24, 2.45) is 5.92 Å². The molecular formula is C50H91O11P. The number of aliphatic hydroxyl groups excluding tert-OH is 2. The lowest BCUT2D eigenvalue weighted by molar-refractivity contribution is -0.161. The molecule has 62 heavy (non-hydrogen) atoms. The number of aliphatic hydroxyl groups is 2. The molecule has 11 nitrogen and oxygen atoms in total. The Balaban J connectivity index is 2.22. The number of esters is 2. The van der Waals surface area contributed by atoms with Crippen molar-refractivity contribution in [3.8, 4) is 0 Å². The third kappa shape index (κ3) is 38.6. The number of rotatable bonds is 45. The van der Waals surface area contributed by atoms with Crippen LogP contribution in [0, 0.1) is 5.92 Å². The molecule has 0 aromatic carbocycles. The summed E-state index contributed by atoms with van der Waals surface area (Å²) in [6.07, 6.45) is 44.2. The van der Waals surface area contributed by atoms with Gasteiger partial charge < -0.3 is 29.3 Å². The number of ether oxygens (including phenoxy) is 3. The Labute approximate surface area is 377 Å². The molecule has 1 aliphatic heterocycles. The molecule has 0 amide bonds. The molecule has 12 heteroatoms. The minimum absolute atomic E-state index is 0.115. The van der Waals surface area contributed by atoms with Gasteiger partial charge in [-0.3, -0.25) is 18.6 Å². The molecule has 0 spiro atoms. The van der Waals surface area contributed by atoms with Gasteiger partial charge in [-0.1, -0.05) is 186 Å². The van der Waals surface area contributed by atoms with Crippen LogP contribution in [0.5, 0.6) is 0 Å². The maximum Gasteiger partial charge on any atom is 0.472 e. The molecule has 0 aromatic heterocycles. The molecule has 1 aliphatic rings. The first-order valence-electron chi connectivity index (χ1n) is 24.9. The summed E-state index contributed by atoms with van der Waals surface area (Å²) in [5.41, 5.74) is 0. The van der Waals surface area contributed by atoms with Gasteiger partial charge in [0.2, 0.25) is 0 Å². The Morgan fingerprint density at radius 3 is 1.71 bits per heavy atom. The smallest absolute Gasteiger partial charge is 0.462 e. The minimum atomic E-state index is -4.64. The number of phosphoric ester groups is 1. The van der Waals surface area contributed by atoms with Gasteiger partial charge in [0.05, 0.1) is 32.0 Å². The van der Waals surface area contributed by atoms with Crippen LogP contribution in [-0.4, -0.2) is 77.9 Å². The van der Waals surface area contributed by atoms with Crippen LogP contribution in [0.15, 0.2) is 36.5 Å². The Morgan fingerprint density at radius 2 is 1.15 bits per heavy atom. The molecular weight excluding hydrogens is 808 g/mol. The second kappa shape index (κ2) is 40.6. The van der Waals surface area contributed by atoms with Crippen LogP contribution in [0.2, 0.25) is 0 Å². The number of carbonyl (C=O) groups is 2. The fraction of sp³-hybridized carbons (Fsp3) is 0.840. The monoisotopic (exact) mass is 899 g/mol. The van der Waals surface area contributed by atoms with E-state index in [1.54, 1.807) is 0 Å². The first-order valence-corrected chi connectivity index (χ1v) is 26.4. The van der Waals surface area contributed by atoms with Crippen LogP contribution in [-0.2, 0) is 37.4 Å². The number of allylic oxidation sites excluding steroid dienone is 5. The van der Waals surface area contributed by atoms with Gasteiger partial charge in [-0.25, -0.2) is 4.57 Å². The van der Waals surface area contributed by atoms with Crippen LogP contribution >= 0.6 is 7.82 Å².